The van der Waals surface area contributed by atoms with Gasteiger partial charge in [0.05, 0.1) is 18.9 Å². The number of fused-ring (bicyclic) bond motifs is 1. The van der Waals surface area contributed by atoms with Gasteiger partial charge in [-0.15, -0.1) is 0 Å². The third kappa shape index (κ3) is 4.50. The van der Waals surface area contributed by atoms with E-state index in [1.165, 1.54) is 0 Å². The molecule has 0 amide bonds. The van der Waals surface area contributed by atoms with Crippen molar-refractivity contribution in [3.05, 3.63) is 41.3 Å². The first-order valence-electron chi connectivity index (χ1n) is 10.7. The zero-order chi connectivity index (χ0) is 22.1. The smallest absolute Gasteiger partial charge is 0.246 e. The molecule has 0 aliphatic carbocycles. The Kier molecular flexibility index (Phi) is 6.39. The van der Waals surface area contributed by atoms with Crippen LogP contribution in [0.15, 0.2) is 33.7 Å². The van der Waals surface area contributed by atoms with Crippen molar-refractivity contribution in [2.45, 2.75) is 38.1 Å². The molecule has 4 rings (SSSR count). The molecule has 8 nitrogen and oxygen atoms in total. The summed E-state index contributed by atoms with van der Waals surface area (Å²) >= 11 is 0. The molecule has 31 heavy (non-hydrogen) atoms. The molecular formula is C22H31N3O5S. The van der Waals surface area contributed by atoms with Gasteiger partial charge in [0.2, 0.25) is 10.0 Å². The van der Waals surface area contributed by atoms with Crippen LogP contribution >= 0.6 is 0 Å². The number of para-hydroxylation sites is 1. The second kappa shape index (κ2) is 8.90. The largest absolute Gasteiger partial charge is 0.492 e. The fourth-order valence-corrected chi connectivity index (χ4v) is 6.16. The lowest BCUT2D eigenvalue weighted by molar-refractivity contribution is 0.0288. The Morgan fingerprint density at radius 3 is 2.61 bits per heavy atom. The van der Waals surface area contributed by atoms with Crippen LogP contribution in [-0.4, -0.2) is 69.3 Å². The molecule has 0 bridgehead atoms. The molecule has 3 heterocycles. The van der Waals surface area contributed by atoms with Crippen molar-refractivity contribution in [1.29, 1.82) is 0 Å². The Labute approximate surface area is 184 Å². The Morgan fingerprint density at radius 1 is 1.19 bits per heavy atom. The number of nitrogens with zero attached hydrogens (tertiary/aromatic N) is 3. The van der Waals surface area contributed by atoms with E-state index < -0.39 is 10.0 Å². The molecule has 1 fully saturated rings. The molecular weight excluding hydrogens is 418 g/mol. The lowest BCUT2D eigenvalue weighted by atomic mass is 9.78. The van der Waals surface area contributed by atoms with E-state index in [1.54, 1.807) is 29.6 Å². The van der Waals surface area contributed by atoms with Crippen LogP contribution < -0.4 is 4.74 Å². The molecule has 1 saturated heterocycles. The average Bonchev–Trinajstić information content (AvgIpc) is 3.08. The Balaban J connectivity index is 1.55. The summed E-state index contributed by atoms with van der Waals surface area (Å²) in [7, 11) is -2.07. The van der Waals surface area contributed by atoms with Crippen LogP contribution in [0.5, 0.6) is 5.75 Å². The number of hydrogen-bond donors (Lipinski definition) is 0. The van der Waals surface area contributed by atoms with Gasteiger partial charge in [-0.05, 0) is 51.9 Å². The predicted octanol–water partition coefficient (Wildman–Crippen LogP) is 2.60. The van der Waals surface area contributed by atoms with E-state index in [-0.39, 0.29) is 10.3 Å². The summed E-state index contributed by atoms with van der Waals surface area (Å²) in [5.74, 6) is 1.29. The number of piperidine rings is 1. The van der Waals surface area contributed by atoms with Gasteiger partial charge < -0.3 is 14.0 Å². The topological polar surface area (TPSA) is 85.1 Å². The van der Waals surface area contributed by atoms with Crippen LogP contribution in [0.25, 0.3) is 0 Å². The number of aryl methyl sites for hydroxylation is 2. The summed E-state index contributed by atoms with van der Waals surface area (Å²) in [5, 5.41) is 4.06. The first-order valence-corrected chi connectivity index (χ1v) is 12.1. The van der Waals surface area contributed by atoms with Crippen molar-refractivity contribution in [2.24, 2.45) is 5.41 Å². The molecule has 0 atom stereocenters. The monoisotopic (exact) mass is 449 g/mol. The van der Waals surface area contributed by atoms with Crippen molar-refractivity contribution in [2.75, 3.05) is 46.5 Å². The van der Waals surface area contributed by atoms with E-state index in [0.29, 0.717) is 32.1 Å². The molecule has 1 spiro atoms. The highest BCUT2D eigenvalue weighted by Gasteiger charge is 2.42. The van der Waals surface area contributed by atoms with Crippen LogP contribution in [0.3, 0.4) is 0 Å². The SMILES string of the molecule is COCCN1CC2(CCN(Cc3c(C)noc3C)CC2)COc2ccccc2S1(=O)=O. The lowest BCUT2D eigenvalue weighted by Gasteiger charge is -2.45. The normalized spacial score (nSPS) is 21.3. The average molecular weight is 450 g/mol. The summed E-state index contributed by atoms with van der Waals surface area (Å²) in [6, 6.07) is 6.91. The summed E-state index contributed by atoms with van der Waals surface area (Å²) in [6.45, 7) is 8.07. The molecule has 1 aromatic heterocycles. The molecule has 0 saturated carbocycles. The van der Waals surface area contributed by atoms with Crippen molar-refractivity contribution in [1.82, 2.24) is 14.4 Å². The molecule has 170 valence electrons. The highest BCUT2D eigenvalue weighted by atomic mass is 32.2. The minimum absolute atomic E-state index is 0.233. The van der Waals surface area contributed by atoms with E-state index >= 15 is 0 Å². The summed E-state index contributed by atoms with van der Waals surface area (Å²) < 4.78 is 45.1. The van der Waals surface area contributed by atoms with Crippen LogP contribution in [0, 0.1) is 19.3 Å². The van der Waals surface area contributed by atoms with Gasteiger partial charge in [-0.2, -0.15) is 4.31 Å². The van der Waals surface area contributed by atoms with Crippen LogP contribution in [0.4, 0.5) is 0 Å². The minimum atomic E-state index is -3.66. The van der Waals surface area contributed by atoms with Crippen LogP contribution in [0.2, 0.25) is 0 Å². The molecule has 2 aromatic rings. The Morgan fingerprint density at radius 2 is 1.94 bits per heavy atom. The van der Waals surface area contributed by atoms with Gasteiger partial charge in [0.1, 0.15) is 16.4 Å². The molecule has 0 radical (unpaired) electrons. The first kappa shape index (κ1) is 22.3. The summed E-state index contributed by atoms with van der Waals surface area (Å²) in [5.41, 5.74) is 1.84. The van der Waals surface area contributed by atoms with E-state index in [0.717, 1.165) is 49.5 Å². The quantitative estimate of drug-likeness (QED) is 0.694. The number of methoxy groups -OCH3 is 1. The Bertz CT molecular complexity index is 992. The molecule has 2 aliphatic rings. The highest BCUT2D eigenvalue weighted by Crippen LogP contribution is 2.39. The van der Waals surface area contributed by atoms with Crippen molar-refractivity contribution in [3.63, 3.8) is 0 Å². The maximum Gasteiger partial charge on any atom is 0.246 e. The highest BCUT2D eigenvalue weighted by molar-refractivity contribution is 7.89. The summed E-state index contributed by atoms with van der Waals surface area (Å²) in [4.78, 5) is 2.62. The van der Waals surface area contributed by atoms with Gasteiger partial charge in [0.25, 0.3) is 0 Å². The molecule has 2 aliphatic heterocycles. The van der Waals surface area contributed by atoms with Crippen molar-refractivity contribution < 1.29 is 22.4 Å². The summed E-state index contributed by atoms with van der Waals surface area (Å²) in [6.07, 6.45) is 1.72. The van der Waals surface area contributed by atoms with Gasteiger partial charge in [-0.3, -0.25) is 4.90 Å². The van der Waals surface area contributed by atoms with E-state index in [1.807, 2.05) is 19.9 Å². The van der Waals surface area contributed by atoms with Gasteiger partial charge in [-0.1, -0.05) is 17.3 Å². The number of aromatic nitrogens is 1. The van der Waals surface area contributed by atoms with Gasteiger partial charge in [0, 0.05) is 37.7 Å². The minimum Gasteiger partial charge on any atom is -0.492 e. The first-order chi connectivity index (χ1) is 14.8. The Hall–Kier alpha value is -1.94. The zero-order valence-electron chi connectivity index (χ0n) is 18.5. The van der Waals surface area contributed by atoms with E-state index in [9.17, 15) is 8.42 Å². The second-order valence-electron chi connectivity index (χ2n) is 8.65. The zero-order valence-corrected chi connectivity index (χ0v) is 19.3. The van der Waals surface area contributed by atoms with Gasteiger partial charge >= 0.3 is 0 Å². The molecule has 9 heteroatoms. The molecule has 0 unspecified atom stereocenters. The predicted molar refractivity (Wildman–Crippen MR) is 115 cm³/mol. The van der Waals surface area contributed by atoms with E-state index in [4.69, 9.17) is 14.0 Å². The fraction of sp³-hybridized carbons (Fsp3) is 0.591. The van der Waals surface area contributed by atoms with Crippen molar-refractivity contribution in [3.8, 4) is 5.75 Å². The molecule has 1 aromatic carbocycles. The number of benzene rings is 1. The standard InChI is InChI=1S/C22H31N3O5S/c1-17-19(18(2)30-23-17)14-24-10-8-22(9-11-24)15-25(12-13-28-3)31(26,27)21-7-5-4-6-20(21)29-16-22/h4-7H,8-16H2,1-3H3. The number of rotatable bonds is 5. The van der Waals surface area contributed by atoms with Crippen molar-refractivity contribution >= 4 is 10.0 Å². The maximum atomic E-state index is 13.4. The third-order valence-electron chi connectivity index (χ3n) is 6.54. The van der Waals surface area contributed by atoms with Crippen LogP contribution in [-0.2, 0) is 21.3 Å². The number of hydrogen-bond acceptors (Lipinski definition) is 7. The van der Waals surface area contributed by atoms with Crippen LogP contribution in [0.1, 0.15) is 29.9 Å². The number of ether oxygens (including phenoxy) is 2. The third-order valence-corrected chi connectivity index (χ3v) is 8.42. The van der Waals surface area contributed by atoms with Gasteiger partial charge in [-0.25, -0.2) is 8.42 Å². The number of sulfonamides is 1. The molecule has 0 N–H and O–H groups in total. The van der Waals surface area contributed by atoms with E-state index in [2.05, 4.69) is 10.1 Å². The maximum absolute atomic E-state index is 13.4. The second-order valence-corrected chi connectivity index (χ2v) is 10.6. The van der Waals surface area contributed by atoms with Gasteiger partial charge in [0.15, 0.2) is 0 Å². The number of likely N-dealkylation sites (tertiary alicyclic amines) is 1. The lowest BCUT2D eigenvalue weighted by Crippen LogP contribution is -2.52. The fourth-order valence-electron chi connectivity index (χ4n) is 4.49.